The number of rotatable bonds is 2. The highest BCUT2D eigenvalue weighted by molar-refractivity contribution is 7.77. The monoisotopic (exact) mass is 256 g/mol. The number of nitrogens with one attached hydrogen (secondary N) is 1. The first kappa shape index (κ1) is 13.7. The van der Waals surface area contributed by atoms with Crippen molar-refractivity contribution in [2.45, 2.75) is 26.3 Å². The fraction of sp³-hybridized carbons (Fsp3) is 0.364. The summed E-state index contributed by atoms with van der Waals surface area (Å²) in [6, 6.07) is 8.38. The van der Waals surface area contributed by atoms with Gasteiger partial charge in [-0.2, -0.15) is 0 Å². The quantitative estimate of drug-likeness (QED) is 0.796. The van der Waals surface area contributed by atoms with Crippen LogP contribution in [0.1, 0.15) is 20.8 Å². The number of carbonyl (C=O) groups is 1. The zero-order valence-electron chi connectivity index (χ0n) is 10.0. The maximum absolute atomic E-state index is 11.9. The van der Waals surface area contributed by atoms with Crippen LogP contribution >= 0.6 is 0 Å². The van der Waals surface area contributed by atoms with Gasteiger partial charge in [0.05, 0.1) is 0 Å². The first-order chi connectivity index (χ1) is 7.82. The van der Waals surface area contributed by atoms with Crippen molar-refractivity contribution < 1.29 is 13.6 Å². The summed E-state index contributed by atoms with van der Waals surface area (Å²) >= 11 is -2.37. The smallest absolute Gasteiger partial charge is 0.289 e. The Kier molecular flexibility index (Phi) is 4.25. The summed E-state index contributed by atoms with van der Waals surface area (Å²) in [6.07, 6.45) is 0. The van der Waals surface area contributed by atoms with E-state index in [-0.39, 0.29) is 0 Å². The molecule has 2 N–H and O–H groups in total. The Balaban J connectivity index is 3.06. The number of urea groups is 1. The van der Waals surface area contributed by atoms with Gasteiger partial charge in [-0.3, -0.25) is 9.45 Å². The molecule has 1 aromatic carbocycles. The summed E-state index contributed by atoms with van der Waals surface area (Å²) < 4.78 is 21.3. The van der Waals surface area contributed by atoms with Gasteiger partial charge < -0.3 is 0 Å². The second kappa shape index (κ2) is 5.29. The van der Waals surface area contributed by atoms with E-state index < -0.39 is 22.8 Å². The van der Waals surface area contributed by atoms with Crippen molar-refractivity contribution in [1.82, 2.24) is 4.72 Å². The van der Waals surface area contributed by atoms with Crippen LogP contribution in [0.25, 0.3) is 0 Å². The van der Waals surface area contributed by atoms with Crippen molar-refractivity contribution in [3.05, 3.63) is 30.3 Å². The van der Waals surface area contributed by atoms with Crippen molar-refractivity contribution in [3.63, 3.8) is 0 Å². The molecule has 0 bridgehead atoms. The second-order valence-corrected chi connectivity index (χ2v) is 5.20. The van der Waals surface area contributed by atoms with E-state index in [1.54, 1.807) is 24.3 Å². The van der Waals surface area contributed by atoms with Crippen molar-refractivity contribution in [2.75, 3.05) is 4.90 Å². The maximum Gasteiger partial charge on any atom is 0.335 e. The number of carbonyl (C=O) groups excluding carboxylic acids is 1. The molecule has 0 aliphatic rings. The van der Waals surface area contributed by atoms with Gasteiger partial charge in [0, 0.05) is 11.2 Å². The van der Waals surface area contributed by atoms with E-state index in [9.17, 15) is 9.00 Å². The van der Waals surface area contributed by atoms with Crippen molar-refractivity contribution in [3.8, 4) is 0 Å². The Morgan fingerprint density at radius 3 is 2.24 bits per heavy atom. The lowest BCUT2D eigenvalue weighted by molar-refractivity contribution is 0.245. The van der Waals surface area contributed by atoms with Gasteiger partial charge in [0.25, 0.3) is 11.3 Å². The van der Waals surface area contributed by atoms with Crippen LogP contribution in [0, 0.1) is 0 Å². The third-order valence-electron chi connectivity index (χ3n) is 2.06. The highest BCUT2D eigenvalue weighted by atomic mass is 32.2. The van der Waals surface area contributed by atoms with Crippen molar-refractivity contribution >= 4 is 23.0 Å². The Hall–Kier alpha value is -1.40. The normalized spacial score (nSPS) is 12.9. The minimum absolute atomic E-state index is 0.495. The molecule has 6 heteroatoms. The molecule has 0 aliphatic heterocycles. The summed E-state index contributed by atoms with van der Waals surface area (Å²) in [5.74, 6) is 0. The molecule has 94 valence electrons. The molecular weight excluding hydrogens is 240 g/mol. The van der Waals surface area contributed by atoms with E-state index in [0.29, 0.717) is 5.69 Å². The third-order valence-corrected chi connectivity index (χ3v) is 2.41. The number of amides is 2. The maximum atomic E-state index is 11.9. The van der Waals surface area contributed by atoms with Crippen molar-refractivity contribution in [2.24, 2.45) is 0 Å². The standard InChI is InChI=1S/C11H16N2O3S/c1-11(2,3)13(10(14)12-17(15)16)9-7-5-4-6-8-9/h4-8H,1-3H3,(H,12,14)(H,15,16). The average molecular weight is 256 g/mol. The van der Waals surface area contributed by atoms with E-state index in [2.05, 4.69) is 0 Å². The average Bonchev–Trinajstić information content (AvgIpc) is 2.15. The largest absolute Gasteiger partial charge is 0.335 e. The van der Waals surface area contributed by atoms with Crippen LogP contribution in [0.3, 0.4) is 0 Å². The first-order valence-corrected chi connectivity index (χ1v) is 6.20. The van der Waals surface area contributed by atoms with Gasteiger partial charge in [-0.15, -0.1) is 0 Å². The molecule has 0 saturated carbocycles. The molecule has 0 fully saturated rings. The second-order valence-electron chi connectivity index (χ2n) is 4.50. The number of benzene rings is 1. The van der Waals surface area contributed by atoms with Gasteiger partial charge >= 0.3 is 6.03 Å². The fourth-order valence-electron chi connectivity index (χ4n) is 1.51. The predicted molar refractivity (Wildman–Crippen MR) is 68.0 cm³/mol. The molecule has 0 heterocycles. The fourth-order valence-corrected chi connectivity index (χ4v) is 1.75. The number of hydrogen-bond donors (Lipinski definition) is 2. The van der Waals surface area contributed by atoms with Gasteiger partial charge in [-0.25, -0.2) is 13.7 Å². The molecule has 0 saturated heterocycles. The van der Waals surface area contributed by atoms with Crippen LogP contribution < -0.4 is 9.62 Å². The van der Waals surface area contributed by atoms with Crippen LogP contribution in [0.4, 0.5) is 10.5 Å². The van der Waals surface area contributed by atoms with Gasteiger partial charge in [0.15, 0.2) is 0 Å². The van der Waals surface area contributed by atoms with Crippen LogP contribution in [0.2, 0.25) is 0 Å². The summed E-state index contributed by atoms with van der Waals surface area (Å²) in [4.78, 5) is 13.3. The van der Waals surface area contributed by atoms with Gasteiger partial charge in [-0.1, -0.05) is 18.2 Å². The van der Waals surface area contributed by atoms with E-state index >= 15 is 0 Å². The lowest BCUT2D eigenvalue weighted by atomic mass is 10.1. The highest BCUT2D eigenvalue weighted by Gasteiger charge is 2.28. The van der Waals surface area contributed by atoms with E-state index in [0.717, 1.165) is 0 Å². The van der Waals surface area contributed by atoms with Crippen LogP contribution in [0.5, 0.6) is 0 Å². The molecule has 5 nitrogen and oxygen atoms in total. The summed E-state index contributed by atoms with van der Waals surface area (Å²) in [5.41, 5.74) is 0.174. The van der Waals surface area contributed by atoms with Crippen LogP contribution in [-0.4, -0.2) is 20.3 Å². The molecule has 2 amide bonds. The minimum atomic E-state index is -2.37. The van der Waals surface area contributed by atoms with Crippen molar-refractivity contribution in [1.29, 1.82) is 0 Å². The molecule has 0 radical (unpaired) electrons. The van der Waals surface area contributed by atoms with Crippen LogP contribution in [-0.2, 0) is 11.3 Å². The highest BCUT2D eigenvalue weighted by Crippen LogP contribution is 2.23. The SMILES string of the molecule is CC(C)(C)N(C(=O)NS(=O)O)c1ccccc1. The molecular formula is C11H16N2O3S. The Bertz CT molecular complexity index is 414. The molecule has 1 aromatic rings. The third kappa shape index (κ3) is 3.83. The molecule has 0 aromatic heterocycles. The molecule has 0 spiro atoms. The first-order valence-electron chi connectivity index (χ1n) is 5.09. The summed E-state index contributed by atoms with van der Waals surface area (Å²) in [7, 11) is 0. The lowest BCUT2D eigenvalue weighted by Crippen LogP contribution is -2.51. The lowest BCUT2D eigenvalue weighted by Gasteiger charge is -2.35. The van der Waals surface area contributed by atoms with Gasteiger partial charge in [0.2, 0.25) is 0 Å². The van der Waals surface area contributed by atoms with Crippen LogP contribution in [0.15, 0.2) is 30.3 Å². The van der Waals surface area contributed by atoms with E-state index in [4.69, 9.17) is 4.55 Å². The number of para-hydroxylation sites is 1. The molecule has 1 unspecified atom stereocenters. The molecule has 1 rings (SSSR count). The Morgan fingerprint density at radius 1 is 1.29 bits per heavy atom. The molecule has 17 heavy (non-hydrogen) atoms. The topological polar surface area (TPSA) is 69.6 Å². The zero-order valence-corrected chi connectivity index (χ0v) is 10.8. The Labute approximate surface area is 103 Å². The van der Waals surface area contributed by atoms with Gasteiger partial charge in [-0.05, 0) is 32.9 Å². The molecule has 0 aliphatic carbocycles. The summed E-state index contributed by atoms with van der Waals surface area (Å²) in [6.45, 7) is 5.54. The number of hydrogen-bond acceptors (Lipinski definition) is 2. The van der Waals surface area contributed by atoms with E-state index in [1.807, 2.05) is 31.6 Å². The molecule has 1 atom stereocenters. The minimum Gasteiger partial charge on any atom is -0.289 e. The Morgan fingerprint density at radius 2 is 1.82 bits per heavy atom. The van der Waals surface area contributed by atoms with Gasteiger partial charge in [0.1, 0.15) is 0 Å². The summed E-state index contributed by atoms with van der Waals surface area (Å²) in [5, 5.41) is 0. The number of anilines is 1. The predicted octanol–water partition coefficient (Wildman–Crippen LogP) is 2.14. The van der Waals surface area contributed by atoms with E-state index in [1.165, 1.54) is 4.90 Å². The number of nitrogens with zero attached hydrogens (tertiary/aromatic N) is 1. The zero-order chi connectivity index (χ0) is 13.1.